The molecule has 0 aromatic heterocycles. The molecule has 1 saturated carbocycles. The molecule has 0 N–H and O–H groups in total. The summed E-state index contributed by atoms with van der Waals surface area (Å²) in [6.07, 6.45) is 11.7. The highest BCUT2D eigenvalue weighted by Crippen LogP contribution is 2.38. The molecule has 3 atom stereocenters. The van der Waals surface area contributed by atoms with Gasteiger partial charge in [-0.2, -0.15) is 0 Å². The van der Waals surface area contributed by atoms with E-state index in [0.29, 0.717) is 17.9 Å². The number of allylic oxidation sites excluding steroid dienone is 3. The highest BCUT2D eigenvalue weighted by molar-refractivity contribution is 5.23. The maximum absolute atomic E-state index is 6.06. The summed E-state index contributed by atoms with van der Waals surface area (Å²) in [4.78, 5) is 0. The Morgan fingerprint density at radius 3 is 2.62 bits per heavy atom. The lowest BCUT2D eigenvalue weighted by molar-refractivity contribution is 0.172. The van der Waals surface area contributed by atoms with Gasteiger partial charge in [0.25, 0.3) is 0 Å². The lowest BCUT2D eigenvalue weighted by Gasteiger charge is -2.22. The van der Waals surface area contributed by atoms with E-state index < -0.39 is 0 Å². The number of benzene rings is 1. The second-order valence-corrected chi connectivity index (χ2v) is 4.56. The van der Waals surface area contributed by atoms with Crippen molar-refractivity contribution in [2.75, 3.05) is 0 Å². The third-order valence-corrected chi connectivity index (χ3v) is 3.54. The van der Waals surface area contributed by atoms with Gasteiger partial charge in [-0.1, -0.05) is 42.5 Å². The zero-order chi connectivity index (χ0) is 10.8. The van der Waals surface area contributed by atoms with Crippen molar-refractivity contribution in [3.8, 4) is 5.75 Å². The molecule has 16 heavy (non-hydrogen) atoms. The SMILES string of the molecule is C1=CC2CCC(Oc3ccccc3)C2C=C1. The van der Waals surface area contributed by atoms with Crippen LogP contribution in [0.25, 0.3) is 0 Å². The maximum Gasteiger partial charge on any atom is 0.119 e. The number of hydrogen-bond donors (Lipinski definition) is 0. The van der Waals surface area contributed by atoms with Crippen LogP contribution in [0.15, 0.2) is 54.6 Å². The first kappa shape index (κ1) is 9.71. The molecule has 0 spiro atoms. The van der Waals surface area contributed by atoms with Crippen molar-refractivity contribution in [1.82, 2.24) is 0 Å². The fourth-order valence-electron chi connectivity index (χ4n) is 2.72. The Hall–Kier alpha value is -1.50. The summed E-state index contributed by atoms with van der Waals surface area (Å²) in [7, 11) is 0. The van der Waals surface area contributed by atoms with E-state index in [9.17, 15) is 0 Å². The van der Waals surface area contributed by atoms with Gasteiger partial charge in [0.05, 0.1) is 0 Å². The van der Waals surface area contributed by atoms with Gasteiger partial charge in [0.2, 0.25) is 0 Å². The Kier molecular flexibility index (Phi) is 2.53. The maximum atomic E-state index is 6.06. The van der Waals surface area contributed by atoms with Crippen molar-refractivity contribution >= 4 is 0 Å². The fraction of sp³-hybridized carbons (Fsp3) is 0.333. The van der Waals surface area contributed by atoms with Gasteiger partial charge in [-0.3, -0.25) is 0 Å². The summed E-state index contributed by atoms with van der Waals surface area (Å²) in [5.74, 6) is 2.26. The number of rotatable bonds is 2. The number of hydrogen-bond acceptors (Lipinski definition) is 1. The zero-order valence-corrected chi connectivity index (χ0v) is 9.25. The molecular formula is C15H16O. The highest BCUT2D eigenvalue weighted by Gasteiger charge is 2.35. The first-order valence-corrected chi connectivity index (χ1v) is 6.00. The molecule has 0 saturated heterocycles. The molecule has 2 aliphatic rings. The number of fused-ring (bicyclic) bond motifs is 1. The van der Waals surface area contributed by atoms with E-state index in [4.69, 9.17) is 4.74 Å². The van der Waals surface area contributed by atoms with E-state index in [1.54, 1.807) is 0 Å². The van der Waals surface area contributed by atoms with E-state index in [-0.39, 0.29) is 0 Å². The predicted molar refractivity (Wildman–Crippen MR) is 65.4 cm³/mol. The molecule has 1 aromatic rings. The average Bonchev–Trinajstić information content (AvgIpc) is 2.74. The van der Waals surface area contributed by atoms with Crippen LogP contribution in [-0.4, -0.2) is 6.10 Å². The molecular weight excluding hydrogens is 196 g/mol. The van der Waals surface area contributed by atoms with Crippen LogP contribution in [0.2, 0.25) is 0 Å². The minimum atomic E-state index is 0.355. The van der Waals surface area contributed by atoms with Gasteiger partial charge in [-0.05, 0) is 30.9 Å². The predicted octanol–water partition coefficient (Wildman–Crippen LogP) is 3.59. The zero-order valence-electron chi connectivity index (χ0n) is 9.25. The Labute approximate surface area is 96.4 Å². The molecule has 0 aliphatic heterocycles. The highest BCUT2D eigenvalue weighted by atomic mass is 16.5. The molecule has 0 amide bonds. The summed E-state index contributed by atoms with van der Waals surface area (Å²) in [6, 6.07) is 10.1. The largest absolute Gasteiger partial charge is 0.490 e. The first-order chi connectivity index (χ1) is 7.93. The fourth-order valence-corrected chi connectivity index (χ4v) is 2.72. The summed E-state index contributed by atoms with van der Waals surface area (Å²) in [5, 5.41) is 0. The third-order valence-electron chi connectivity index (χ3n) is 3.54. The monoisotopic (exact) mass is 212 g/mol. The Bertz CT molecular complexity index is 405. The van der Waals surface area contributed by atoms with Gasteiger partial charge >= 0.3 is 0 Å². The minimum absolute atomic E-state index is 0.355. The molecule has 3 rings (SSSR count). The lowest BCUT2D eigenvalue weighted by Crippen LogP contribution is -2.23. The Morgan fingerprint density at radius 2 is 1.75 bits per heavy atom. The molecule has 0 radical (unpaired) electrons. The second kappa shape index (κ2) is 4.17. The summed E-state index contributed by atoms with van der Waals surface area (Å²) in [6.45, 7) is 0. The van der Waals surface area contributed by atoms with Crippen molar-refractivity contribution < 1.29 is 4.74 Å². The van der Waals surface area contributed by atoms with Crippen molar-refractivity contribution in [3.05, 3.63) is 54.6 Å². The summed E-state index contributed by atoms with van der Waals surface area (Å²) in [5.41, 5.74) is 0. The van der Waals surface area contributed by atoms with E-state index in [1.165, 1.54) is 12.8 Å². The van der Waals surface area contributed by atoms with Crippen LogP contribution in [-0.2, 0) is 0 Å². The van der Waals surface area contributed by atoms with Crippen molar-refractivity contribution in [3.63, 3.8) is 0 Å². The van der Waals surface area contributed by atoms with Crippen LogP contribution in [0.1, 0.15) is 12.8 Å². The van der Waals surface area contributed by atoms with Crippen molar-refractivity contribution in [1.29, 1.82) is 0 Å². The van der Waals surface area contributed by atoms with Crippen LogP contribution in [0.5, 0.6) is 5.75 Å². The van der Waals surface area contributed by atoms with Crippen LogP contribution >= 0.6 is 0 Å². The van der Waals surface area contributed by atoms with Gasteiger partial charge in [-0.15, -0.1) is 0 Å². The molecule has 1 heteroatoms. The van der Waals surface area contributed by atoms with Crippen LogP contribution in [0.3, 0.4) is 0 Å². The van der Waals surface area contributed by atoms with Gasteiger partial charge < -0.3 is 4.74 Å². The quantitative estimate of drug-likeness (QED) is 0.728. The van der Waals surface area contributed by atoms with Crippen LogP contribution in [0.4, 0.5) is 0 Å². The van der Waals surface area contributed by atoms with Gasteiger partial charge in [0, 0.05) is 5.92 Å². The Morgan fingerprint density at radius 1 is 0.938 bits per heavy atom. The van der Waals surface area contributed by atoms with E-state index in [2.05, 4.69) is 24.3 Å². The average molecular weight is 212 g/mol. The normalized spacial score (nSPS) is 31.4. The first-order valence-electron chi connectivity index (χ1n) is 6.00. The van der Waals surface area contributed by atoms with Gasteiger partial charge in [0.15, 0.2) is 0 Å². The van der Waals surface area contributed by atoms with Crippen LogP contribution < -0.4 is 4.74 Å². The third kappa shape index (κ3) is 1.78. The van der Waals surface area contributed by atoms with Crippen molar-refractivity contribution in [2.45, 2.75) is 18.9 Å². The Balaban J connectivity index is 1.73. The summed E-state index contributed by atoms with van der Waals surface area (Å²) >= 11 is 0. The topological polar surface area (TPSA) is 9.23 Å². The lowest BCUT2D eigenvalue weighted by atomic mass is 9.91. The molecule has 1 aromatic carbocycles. The smallest absolute Gasteiger partial charge is 0.119 e. The molecule has 1 nitrogen and oxygen atoms in total. The molecule has 0 bridgehead atoms. The van der Waals surface area contributed by atoms with Gasteiger partial charge in [0.1, 0.15) is 11.9 Å². The molecule has 82 valence electrons. The minimum Gasteiger partial charge on any atom is -0.490 e. The van der Waals surface area contributed by atoms with Crippen LogP contribution in [0, 0.1) is 11.8 Å². The number of ether oxygens (including phenoxy) is 1. The van der Waals surface area contributed by atoms with Crippen molar-refractivity contribution in [2.24, 2.45) is 11.8 Å². The van der Waals surface area contributed by atoms with Gasteiger partial charge in [-0.25, -0.2) is 0 Å². The number of para-hydroxylation sites is 1. The molecule has 0 heterocycles. The van der Waals surface area contributed by atoms with E-state index >= 15 is 0 Å². The standard InChI is InChI=1S/C15H16O/c1-2-7-13(8-3-1)16-15-11-10-12-6-4-5-9-14(12)15/h1-9,12,14-15H,10-11H2. The summed E-state index contributed by atoms with van der Waals surface area (Å²) < 4.78 is 6.06. The second-order valence-electron chi connectivity index (χ2n) is 4.56. The van der Waals surface area contributed by atoms with E-state index in [1.807, 2.05) is 30.3 Å². The molecule has 2 aliphatic carbocycles. The molecule has 3 unspecified atom stereocenters. The molecule has 1 fully saturated rings. The van der Waals surface area contributed by atoms with E-state index in [0.717, 1.165) is 5.75 Å².